The second-order valence-corrected chi connectivity index (χ2v) is 3.30. The molecule has 1 heterocycles. The summed E-state index contributed by atoms with van der Waals surface area (Å²) in [7, 11) is 0. The van der Waals surface area contributed by atoms with Gasteiger partial charge in [0.05, 0.1) is 6.26 Å². The molecular weight excluding hydrogens is 136 g/mol. The predicted octanol–water partition coefficient (Wildman–Crippen LogP) is 3.34. The highest BCUT2D eigenvalue weighted by molar-refractivity contribution is 5.24. The summed E-state index contributed by atoms with van der Waals surface area (Å²) in [5.41, 5.74) is 1.24. The van der Waals surface area contributed by atoms with Gasteiger partial charge in [0.15, 0.2) is 0 Å². The Morgan fingerprint density at radius 1 is 1.36 bits per heavy atom. The van der Waals surface area contributed by atoms with Crippen molar-refractivity contribution in [3.05, 3.63) is 30.6 Å². The highest BCUT2D eigenvalue weighted by Crippen LogP contribution is 2.26. The molecule has 1 nitrogen and oxygen atoms in total. The molecule has 0 aliphatic heterocycles. The minimum Gasteiger partial charge on any atom is -0.469 e. The molecule has 0 aromatic carbocycles. The van der Waals surface area contributed by atoms with Gasteiger partial charge in [-0.2, -0.15) is 0 Å². The third-order valence-electron chi connectivity index (χ3n) is 1.78. The van der Waals surface area contributed by atoms with Crippen molar-refractivity contribution in [2.24, 2.45) is 0 Å². The quantitative estimate of drug-likeness (QED) is 0.591. The molecule has 0 bridgehead atoms. The standard InChI is InChI=1S/C10H15O/c1-7(2)9-5-6-11-10(9)8(3)4/h5-8H,1H2,2-4H3/q-1. The molecule has 62 valence electrons. The lowest BCUT2D eigenvalue weighted by atomic mass is 9.99. The normalized spacial score (nSPS) is 13.9. The van der Waals surface area contributed by atoms with Crippen LogP contribution in [-0.4, -0.2) is 0 Å². The fraction of sp³-hybridized carbons (Fsp3) is 0.500. The van der Waals surface area contributed by atoms with Crippen molar-refractivity contribution in [3.8, 4) is 0 Å². The van der Waals surface area contributed by atoms with E-state index in [4.69, 9.17) is 4.42 Å². The lowest BCUT2D eigenvalue weighted by molar-refractivity contribution is 0.480. The zero-order valence-electron chi connectivity index (χ0n) is 7.42. The highest BCUT2D eigenvalue weighted by Gasteiger charge is 2.09. The molecular formula is C10H15O-. The van der Waals surface area contributed by atoms with E-state index < -0.39 is 0 Å². The fourth-order valence-corrected chi connectivity index (χ4v) is 1.21. The van der Waals surface area contributed by atoms with Gasteiger partial charge in [-0.25, -0.2) is 0 Å². The summed E-state index contributed by atoms with van der Waals surface area (Å²) in [5.74, 6) is 1.86. The van der Waals surface area contributed by atoms with E-state index >= 15 is 0 Å². The van der Waals surface area contributed by atoms with Crippen LogP contribution in [0.15, 0.2) is 16.7 Å². The zero-order valence-corrected chi connectivity index (χ0v) is 7.42. The first-order valence-electron chi connectivity index (χ1n) is 4.03. The highest BCUT2D eigenvalue weighted by atomic mass is 16.3. The van der Waals surface area contributed by atoms with Gasteiger partial charge in [0.1, 0.15) is 5.76 Å². The smallest absolute Gasteiger partial charge is 0.107 e. The number of rotatable bonds is 2. The molecule has 0 aliphatic rings. The number of furan rings is 1. The summed E-state index contributed by atoms with van der Waals surface area (Å²) in [6.45, 7) is 10.3. The van der Waals surface area contributed by atoms with Crippen LogP contribution in [-0.2, 0) is 0 Å². The fourth-order valence-electron chi connectivity index (χ4n) is 1.21. The average molecular weight is 151 g/mol. The molecule has 0 aliphatic carbocycles. The van der Waals surface area contributed by atoms with E-state index in [2.05, 4.69) is 27.7 Å². The van der Waals surface area contributed by atoms with Gasteiger partial charge in [0, 0.05) is 5.92 Å². The van der Waals surface area contributed by atoms with Gasteiger partial charge in [-0.05, 0) is 11.6 Å². The van der Waals surface area contributed by atoms with Crippen molar-refractivity contribution in [2.75, 3.05) is 0 Å². The molecule has 1 atom stereocenters. The second-order valence-electron chi connectivity index (χ2n) is 3.30. The summed E-state index contributed by atoms with van der Waals surface area (Å²) >= 11 is 0. The first-order chi connectivity index (χ1) is 5.13. The van der Waals surface area contributed by atoms with E-state index in [0.717, 1.165) is 5.76 Å². The molecule has 11 heavy (non-hydrogen) atoms. The van der Waals surface area contributed by atoms with Crippen molar-refractivity contribution < 1.29 is 4.42 Å². The third-order valence-corrected chi connectivity index (χ3v) is 1.78. The summed E-state index contributed by atoms with van der Waals surface area (Å²) in [6.07, 6.45) is 1.74. The topological polar surface area (TPSA) is 13.1 Å². The van der Waals surface area contributed by atoms with Gasteiger partial charge in [-0.1, -0.05) is 20.8 Å². The summed E-state index contributed by atoms with van der Waals surface area (Å²) in [5, 5.41) is 0. The van der Waals surface area contributed by atoms with E-state index in [1.807, 2.05) is 6.07 Å². The minimum absolute atomic E-state index is 0.325. The molecule has 0 radical (unpaired) electrons. The lowest BCUT2D eigenvalue weighted by Crippen LogP contribution is -1.93. The molecule has 1 aromatic heterocycles. The van der Waals surface area contributed by atoms with E-state index in [-0.39, 0.29) is 0 Å². The zero-order chi connectivity index (χ0) is 8.43. The van der Waals surface area contributed by atoms with Crippen LogP contribution >= 0.6 is 0 Å². The Hall–Kier alpha value is -0.720. The van der Waals surface area contributed by atoms with Crippen LogP contribution in [0.3, 0.4) is 0 Å². The van der Waals surface area contributed by atoms with Crippen LogP contribution in [0.1, 0.15) is 43.9 Å². The molecule has 0 saturated heterocycles. The first kappa shape index (κ1) is 8.38. The number of hydrogen-bond donors (Lipinski definition) is 0. The van der Waals surface area contributed by atoms with Crippen molar-refractivity contribution in [1.82, 2.24) is 0 Å². The Labute approximate surface area is 68.4 Å². The van der Waals surface area contributed by atoms with Crippen LogP contribution in [0.5, 0.6) is 0 Å². The Morgan fingerprint density at radius 3 is 2.36 bits per heavy atom. The van der Waals surface area contributed by atoms with Gasteiger partial charge in [0.25, 0.3) is 0 Å². The van der Waals surface area contributed by atoms with Crippen molar-refractivity contribution in [2.45, 2.75) is 32.6 Å². The molecule has 0 saturated carbocycles. The summed E-state index contributed by atoms with van der Waals surface area (Å²) in [4.78, 5) is 0. The van der Waals surface area contributed by atoms with Crippen LogP contribution in [0.2, 0.25) is 0 Å². The van der Waals surface area contributed by atoms with Crippen molar-refractivity contribution >= 4 is 0 Å². The SMILES string of the molecule is [CH2-]C(C)c1ccoc1C(C)C. The minimum atomic E-state index is 0.325. The molecule has 0 amide bonds. The molecule has 1 rings (SSSR count). The number of hydrogen-bond acceptors (Lipinski definition) is 1. The Kier molecular flexibility index (Phi) is 2.38. The van der Waals surface area contributed by atoms with Gasteiger partial charge < -0.3 is 11.3 Å². The summed E-state index contributed by atoms with van der Waals surface area (Å²) in [6, 6.07) is 2.01. The molecule has 0 N–H and O–H groups in total. The van der Waals surface area contributed by atoms with E-state index in [1.54, 1.807) is 6.26 Å². The summed E-state index contributed by atoms with van der Waals surface area (Å²) < 4.78 is 5.35. The van der Waals surface area contributed by atoms with Crippen LogP contribution in [0, 0.1) is 6.92 Å². The van der Waals surface area contributed by atoms with Gasteiger partial charge in [-0.15, -0.1) is 5.92 Å². The lowest BCUT2D eigenvalue weighted by Gasteiger charge is -2.12. The van der Waals surface area contributed by atoms with Gasteiger partial charge in [0.2, 0.25) is 0 Å². The Morgan fingerprint density at radius 2 is 2.00 bits per heavy atom. The molecule has 0 fully saturated rings. The van der Waals surface area contributed by atoms with Crippen LogP contribution in [0.4, 0.5) is 0 Å². The largest absolute Gasteiger partial charge is 0.469 e. The Bertz CT molecular complexity index is 198. The van der Waals surface area contributed by atoms with E-state index in [9.17, 15) is 0 Å². The maximum Gasteiger partial charge on any atom is 0.107 e. The molecule has 1 aromatic rings. The average Bonchev–Trinajstić information content (AvgIpc) is 2.32. The van der Waals surface area contributed by atoms with E-state index in [0.29, 0.717) is 11.8 Å². The van der Waals surface area contributed by atoms with Crippen LogP contribution in [0.25, 0.3) is 0 Å². The van der Waals surface area contributed by atoms with Crippen LogP contribution < -0.4 is 0 Å². The third kappa shape index (κ3) is 1.65. The molecule has 1 heteroatoms. The van der Waals surface area contributed by atoms with Gasteiger partial charge >= 0.3 is 0 Å². The Balaban J connectivity index is 2.96. The first-order valence-corrected chi connectivity index (χ1v) is 4.03. The predicted molar refractivity (Wildman–Crippen MR) is 46.6 cm³/mol. The van der Waals surface area contributed by atoms with E-state index in [1.165, 1.54) is 5.56 Å². The van der Waals surface area contributed by atoms with Crippen molar-refractivity contribution in [3.63, 3.8) is 0 Å². The van der Waals surface area contributed by atoms with Gasteiger partial charge in [-0.3, -0.25) is 0 Å². The maximum atomic E-state index is 5.35. The second kappa shape index (κ2) is 3.12. The molecule has 1 unspecified atom stereocenters. The monoisotopic (exact) mass is 151 g/mol. The van der Waals surface area contributed by atoms with Crippen molar-refractivity contribution in [1.29, 1.82) is 0 Å². The molecule has 0 spiro atoms. The maximum absolute atomic E-state index is 5.35.